The van der Waals surface area contributed by atoms with E-state index in [0.29, 0.717) is 30.1 Å². The van der Waals surface area contributed by atoms with Crippen molar-refractivity contribution in [3.8, 4) is 0 Å². The van der Waals surface area contributed by atoms with Gasteiger partial charge in [0.25, 0.3) is 5.91 Å². The standard InChI is InChI=1S/C18H21N3O3/c1-13(22)14-5-3-6-16(11-14)21-17-8-7-15(12-20-17)18(23)19-9-4-10-24-2/h3,5-8,11-12H,4,9-10H2,1-2H3,(H,19,23)(H,20,21). The number of benzene rings is 1. The van der Waals surface area contributed by atoms with Crippen LogP contribution in [-0.2, 0) is 4.74 Å². The number of pyridine rings is 1. The molecule has 0 saturated carbocycles. The van der Waals surface area contributed by atoms with Crippen LogP contribution in [0.2, 0.25) is 0 Å². The molecule has 0 aliphatic rings. The third-order valence-corrected chi connectivity index (χ3v) is 3.38. The first-order valence-electron chi connectivity index (χ1n) is 7.71. The van der Waals surface area contributed by atoms with Crippen LogP contribution >= 0.6 is 0 Å². The van der Waals surface area contributed by atoms with Gasteiger partial charge in [0.05, 0.1) is 5.56 Å². The number of ketones is 1. The van der Waals surface area contributed by atoms with Crippen molar-refractivity contribution in [3.63, 3.8) is 0 Å². The highest BCUT2D eigenvalue weighted by molar-refractivity contribution is 5.95. The van der Waals surface area contributed by atoms with Crippen molar-refractivity contribution in [2.45, 2.75) is 13.3 Å². The Hall–Kier alpha value is -2.73. The summed E-state index contributed by atoms with van der Waals surface area (Å²) in [5.74, 6) is 0.447. The van der Waals surface area contributed by atoms with Crippen LogP contribution in [0.25, 0.3) is 0 Å². The molecule has 2 rings (SSSR count). The first-order chi connectivity index (χ1) is 11.6. The van der Waals surface area contributed by atoms with Gasteiger partial charge >= 0.3 is 0 Å². The lowest BCUT2D eigenvalue weighted by Crippen LogP contribution is -2.25. The van der Waals surface area contributed by atoms with Crippen molar-refractivity contribution in [1.29, 1.82) is 0 Å². The zero-order chi connectivity index (χ0) is 17.4. The number of amides is 1. The summed E-state index contributed by atoms with van der Waals surface area (Å²) < 4.78 is 4.93. The van der Waals surface area contributed by atoms with E-state index in [1.165, 1.54) is 13.1 Å². The van der Waals surface area contributed by atoms with Crippen LogP contribution in [0.15, 0.2) is 42.6 Å². The van der Waals surface area contributed by atoms with Crippen LogP contribution in [0, 0.1) is 0 Å². The maximum absolute atomic E-state index is 11.9. The average Bonchev–Trinajstić information content (AvgIpc) is 2.59. The first-order valence-corrected chi connectivity index (χ1v) is 7.71. The highest BCUT2D eigenvalue weighted by Gasteiger charge is 2.06. The fraction of sp³-hybridized carbons (Fsp3) is 0.278. The number of Topliss-reactive ketones (excluding diaryl/α,β-unsaturated/α-hetero) is 1. The van der Waals surface area contributed by atoms with Crippen molar-refractivity contribution in [3.05, 3.63) is 53.7 Å². The predicted molar refractivity (Wildman–Crippen MR) is 92.8 cm³/mol. The van der Waals surface area contributed by atoms with Gasteiger partial charge in [-0.3, -0.25) is 9.59 Å². The average molecular weight is 327 g/mol. The zero-order valence-electron chi connectivity index (χ0n) is 13.8. The van der Waals surface area contributed by atoms with Crippen molar-refractivity contribution in [1.82, 2.24) is 10.3 Å². The topological polar surface area (TPSA) is 80.3 Å². The molecule has 6 heteroatoms. The minimum atomic E-state index is -0.163. The van der Waals surface area contributed by atoms with Gasteiger partial charge in [-0.15, -0.1) is 0 Å². The largest absolute Gasteiger partial charge is 0.385 e. The molecule has 1 aromatic carbocycles. The van der Waals surface area contributed by atoms with Gasteiger partial charge in [-0.1, -0.05) is 12.1 Å². The molecule has 2 N–H and O–H groups in total. The van der Waals surface area contributed by atoms with E-state index in [-0.39, 0.29) is 11.7 Å². The fourth-order valence-electron chi connectivity index (χ4n) is 2.09. The van der Waals surface area contributed by atoms with Crippen molar-refractivity contribution in [2.24, 2.45) is 0 Å². The Labute approximate surface area is 141 Å². The maximum Gasteiger partial charge on any atom is 0.252 e. The smallest absolute Gasteiger partial charge is 0.252 e. The molecule has 2 aromatic rings. The van der Waals surface area contributed by atoms with E-state index in [0.717, 1.165) is 12.1 Å². The monoisotopic (exact) mass is 327 g/mol. The molecule has 24 heavy (non-hydrogen) atoms. The number of rotatable bonds is 8. The van der Waals surface area contributed by atoms with E-state index in [4.69, 9.17) is 4.74 Å². The second-order valence-electron chi connectivity index (χ2n) is 5.30. The van der Waals surface area contributed by atoms with Crippen molar-refractivity contribution in [2.75, 3.05) is 25.6 Å². The van der Waals surface area contributed by atoms with Crippen LogP contribution in [0.5, 0.6) is 0 Å². The van der Waals surface area contributed by atoms with Gasteiger partial charge in [-0.05, 0) is 37.6 Å². The molecular weight excluding hydrogens is 306 g/mol. The summed E-state index contributed by atoms with van der Waals surface area (Å²) in [4.78, 5) is 27.6. The summed E-state index contributed by atoms with van der Waals surface area (Å²) >= 11 is 0. The Morgan fingerprint density at radius 2 is 2.00 bits per heavy atom. The number of methoxy groups -OCH3 is 1. The second-order valence-corrected chi connectivity index (χ2v) is 5.30. The van der Waals surface area contributed by atoms with Crippen LogP contribution in [0.4, 0.5) is 11.5 Å². The molecule has 126 valence electrons. The Bertz CT molecular complexity index is 699. The first kappa shape index (κ1) is 17.6. The van der Waals surface area contributed by atoms with E-state index in [1.54, 1.807) is 37.4 Å². The molecule has 1 amide bonds. The number of carbonyl (C=O) groups excluding carboxylic acids is 2. The van der Waals surface area contributed by atoms with Crippen molar-refractivity contribution >= 4 is 23.2 Å². The number of ether oxygens (including phenoxy) is 1. The normalized spacial score (nSPS) is 10.2. The molecule has 0 aliphatic heterocycles. The minimum absolute atomic E-state index is 0.00658. The van der Waals surface area contributed by atoms with Crippen molar-refractivity contribution < 1.29 is 14.3 Å². The molecule has 0 fully saturated rings. The van der Waals surface area contributed by atoms with Crippen LogP contribution in [0.1, 0.15) is 34.1 Å². The number of aromatic nitrogens is 1. The summed E-state index contributed by atoms with van der Waals surface area (Å²) in [5, 5.41) is 5.92. The summed E-state index contributed by atoms with van der Waals surface area (Å²) in [5.41, 5.74) is 1.90. The van der Waals surface area contributed by atoms with E-state index in [1.807, 2.05) is 6.07 Å². The summed E-state index contributed by atoms with van der Waals surface area (Å²) in [6, 6.07) is 10.6. The number of nitrogens with one attached hydrogen (secondary N) is 2. The molecule has 0 saturated heterocycles. The van der Waals surface area contributed by atoms with Gasteiger partial charge in [0.15, 0.2) is 5.78 Å². The molecule has 0 atom stereocenters. The molecular formula is C18H21N3O3. The third-order valence-electron chi connectivity index (χ3n) is 3.38. The minimum Gasteiger partial charge on any atom is -0.385 e. The van der Waals surface area contributed by atoms with E-state index in [9.17, 15) is 9.59 Å². The quantitative estimate of drug-likeness (QED) is 0.576. The summed E-state index contributed by atoms with van der Waals surface area (Å²) in [7, 11) is 1.63. The van der Waals surface area contributed by atoms with E-state index >= 15 is 0 Å². The number of hydrogen-bond donors (Lipinski definition) is 2. The van der Waals surface area contributed by atoms with Crippen LogP contribution in [-0.4, -0.2) is 36.9 Å². The fourth-order valence-corrected chi connectivity index (χ4v) is 2.09. The van der Waals surface area contributed by atoms with Crippen LogP contribution < -0.4 is 10.6 Å². The Balaban J connectivity index is 1.95. The number of anilines is 2. The van der Waals surface area contributed by atoms with Gasteiger partial charge in [0.1, 0.15) is 5.82 Å². The lowest BCUT2D eigenvalue weighted by atomic mass is 10.1. The third kappa shape index (κ3) is 5.17. The predicted octanol–water partition coefficient (Wildman–Crippen LogP) is 2.79. The zero-order valence-corrected chi connectivity index (χ0v) is 13.8. The maximum atomic E-state index is 11.9. The van der Waals surface area contributed by atoms with Gasteiger partial charge in [0.2, 0.25) is 0 Å². The number of nitrogens with zero attached hydrogens (tertiary/aromatic N) is 1. The number of hydrogen-bond acceptors (Lipinski definition) is 5. The number of carbonyl (C=O) groups is 2. The Kier molecular flexibility index (Phi) is 6.45. The Morgan fingerprint density at radius 1 is 1.17 bits per heavy atom. The summed E-state index contributed by atoms with van der Waals surface area (Å²) in [6.45, 7) is 2.70. The van der Waals surface area contributed by atoms with Crippen LogP contribution in [0.3, 0.4) is 0 Å². The molecule has 0 aliphatic carbocycles. The molecule has 0 radical (unpaired) electrons. The molecule has 1 heterocycles. The van der Waals surface area contributed by atoms with Gasteiger partial charge < -0.3 is 15.4 Å². The molecule has 0 unspecified atom stereocenters. The Morgan fingerprint density at radius 3 is 2.67 bits per heavy atom. The molecule has 1 aromatic heterocycles. The SMILES string of the molecule is COCCCNC(=O)c1ccc(Nc2cccc(C(C)=O)c2)nc1. The van der Waals surface area contributed by atoms with E-state index < -0.39 is 0 Å². The highest BCUT2D eigenvalue weighted by Crippen LogP contribution is 2.16. The lowest BCUT2D eigenvalue weighted by Gasteiger charge is -2.08. The summed E-state index contributed by atoms with van der Waals surface area (Å²) in [6.07, 6.45) is 2.28. The molecule has 0 bridgehead atoms. The second kappa shape index (κ2) is 8.79. The van der Waals surface area contributed by atoms with Gasteiger partial charge in [-0.2, -0.15) is 0 Å². The van der Waals surface area contributed by atoms with Gasteiger partial charge in [-0.25, -0.2) is 4.98 Å². The highest BCUT2D eigenvalue weighted by atomic mass is 16.5. The van der Waals surface area contributed by atoms with E-state index in [2.05, 4.69) is 15.6 Å². The molecule has 6 nitrogen and oxygen atoms in total. The van der Waals surface area contributed by atoms with Gasteiger partial charge in [0, 0.05) is 37.7 Å². The lowest BCUT2D eigenvalue weighted by molar-refractivity contribution is 0.0947. The molecule has 0 spiro atoms.